The first-order valence-electron chi connectivity index (χ1n) is 7.91. The van der Waals surface area contributed by atoms with Gasteiger partial charge < -0.3 is 10.1 Å². The van der Waals surface area contributed by atoms with E-state index in [4.69, 9.17) is 4.74 Å². The van der Waals surface area contributed by atoms with Crippen molar-refractivity contribution in [2.45, 2.75) is 38.5 Å². The van der Waals surface area contributed by atoms with Gasteiger partial charge in [-0.05, 0) is 27.2 Å². The second-order valence-electron chi connectivity index (χ2n) is 6.13. The van der Waals surface area contributed by atoms with Crippen LogP contribution in [0.25, 0.3) is 0 Å². The summed E-state index contributed by atoms with van der Waals surface area (Å²) in [7, 11) is -1.19. The Hall–Kier alpha value is -1.55. The summed E-state index contributed by atoms with van der Waals surface area (Å²) in [6.45, 7) is 5.11. The number of carbonyl (C=O) groups is 2. The molecule has 2 rings (SSSR count). The number of rotatable bonds is 6. The molecule has 0 bridgehead atoms. The van der Waals surface area contributed by atoms with Crippen molar-refractivity contribution in [3.8, 4) is 0 Å². The highest BCUT2D eigenvalue weighted by Crippen LogP contribution is 2.24. The largest absolute Gasteiger partial charge is 0.452 e. The average molecular weight is 389 g/mol. The zero-order chi connectivity index (χ0) is 18.8. The quantitative estimate of drug-likeness (QED) is 0.718. The third-order valence-electron chi connectivity index (χ3n) is 4.06. The van der Waals surface area contributed by atoms with E-state index in [0.29, 0.717) is 17.8 Å². The monoisotopic (exact) mass is 389 g/mol. The maximum absolute atomic E-state index is 12.2. The van der Waals surface area contributed by atoms with E-state index in [1.807, 2.05) is 6.92 Å². The summed E-state index contributed by atoms with van der Waals surface area (Å²) in [5.41, 5.74) is 2.10. The van der Waals surface area contributed by atoms with Gasteiger partial charge >= 0.3 is 5.97 Å². The molecule has 0 unspecified atom stereocenters. The highest BCUT2D eigenvalue weighted by atomic mass is 32.2. The van der Waals surface area contributed by atoms with Crippen molar-refractivity contribution < 1.29 is 22.7 Å². The number of sulfone groups is 1. The molecule has 0 aromatic carbocycles. The van der Waals surface area contributed by atoms with Crippen LogP contribution in [0.1, 0.15) is 24.7 Å². The minimum absolute atomic E-state index is 0.0305. The lowest BCUT2D eigenvalue weighted by Crippen LogP contribution is -2.31. The van der Waals surface area contributed by atoms with Gasteiger partial charge in [0.25, 0.3) is 5.91 Å². The molecule has 1 fully saturated rings. The molecular weight excluding hydrogens is 366 g/mol. The molecule has 0 spiro atoms. The van der Waals surface area contributed by atoms with Crippen LogP contribution in [-0.2, 0) is 31.2 Å². The normalized spacial score (nSPS) is 20.2. The molecule has 0 aliphatic carbocycles. The Morgan fingerprint density at radius 2 is 2.12 bits per heavy atom. The van der Waals surface area contributed by atoms with Crippen LogP contribution < -0.4 is 5.32 Å². The molecule has 1 aromatic rings. The van der Waals surface area contributed by atoms with E-state index in [-0.39, 0.29) is 22.5 Å². The molecule has 10 heteroatoms. The van der Waals surface area contributed by atoms with E-state index in [1.54, 1.807) is 18.7 Å². The first kappa shape index (κ1) is 19.8. The molecule has 1 N–H and O–H groups in total. The number of hydrogen-bond acceptors (Lipinski definition) is 7. The fourth-order valence-corrected chi connectivity index (χ4v) is 5.97. The van der Waals surface area contributed by atoms with Crippen LogP contribution in [0, 0.1) is 13.8 Å². The molecule has 8 nitrogen and oxygen atoms in total. The van der Waals surface area contributed by atoms with E-state index in [0.717, 1.165) is 5.69 Å². The second kappa shape index (κ2) is 7.77. The highest BCUT2D eigenvalue weighted by molar-refractivity contribution is 8.02. The third kappa shape index (κ3) is 5.21. The molecule has 0 radical (unpaired) electrons. The number of amides is 1. The number of thioether (sulfide) groups is 1. The van der Waals surface area contributed by atoms with Gasteiger partial charge in [0.1, 0.15) is 0 Å². The van der Waals surface area contributed by atoms with Gasteiger partial charge in [0.2, 0.25) is 0 Å². The minimum atomic E-state index is -2.97. The molecule has 1 amide bonds. The number of aromatic nitrogens is 2. The van der Waals surface area contributed by atoms with Gasteiger partial charge in [-0.25, -0.2) is 8.42 Å². The van der Waals surface area contributed by atoms with Gasteiger partial charge in [-0.3, -0.25) is 14.3 Å². The molecule has 1 aliphatic heterocycles. The number of aryl methyl sites for hydroxylation is 2. The standard InChI is InChI=1S/C15H23N3O5S2/c1-9-14(10(2)18(4)17-9)16-15(20)11(3)23-13(19)7-24-12-5-6-25(21,22)8-12/h11-12H,5-8H2,1-4H3,(H,16,20)/t11-,12-/m0/s1. The zero-order valence-electron chi connectivity index (χ0n) is 14.7. The Kier molecular flexibility index (Phi) is 6.15. The van der Waals surface area contributed by atoms with E-state index in [1.165, 1.54) is 18.7 Å². The fourth-order valence-electron chi connectivity index (χ4n) is 2.54. The molecule has 1 aliphatic rings. The van der Waals surface area contributed by atoms with Gasteiger partial charge in [0, 0.05) is 12.3 Å². The predicted molar refractivity (Wildman–Crippen MR) is 96.4 cm³/mol. The predicted octanol–water partition coefficient (Wildman–Crippen LogP) is 0.827. The molecule has 140 valence electrons. The minimum Gasteiger partial charge on any atom is -0.452 e. The number of nitrogens with one attached hydrogen (secondary N) is 1. The highest BCUT2D eigenvalue weighted by Gasteiger charge is 2.29. The first-order valence-corrected chi connectivity index (χ1v) is 10.8. The summed E-state index contributed by atoms with van der Waals surface area (Å²) in [4.78, 5) is 24.1. The Balaban J connectivity index is 1.81. The van der Waals surface area contributed by atoms with Crippen molar-refractivity contribution in [3.63, 3.8) is 0 Å². The topological polar surface area (TPSA) is 107 Å². The van der Waals surface area contributed by atoms with Crippen molar-refractivity contribution in [1.29, 1.82) is 0 Å². The van der Waals surface area contributed by atoms with Crippen molar-refractivity contribution >= 4 is 39.2 Å². The van der Waals surface area contributed by atoms with Gasteiger partial charge in [-0.1, -0.05) is 0 Å². The van der Waals surface area contributed by atoms with Gasteiger partial charge in [-0.2, -0.15) is 5.10 Å². The number of esters is 1. The number of nitrogens with zero attached hydrogens (tertiary/aromatic N) is 2. The Morgan fingerprint density at radius 1 is 1.44 bits per heavy atom. The van der Waals surface area contributed by atoms with Crippen molar-refractivity contribution in [1.82, 2.24) is 9.78 Å². The van der Waals surface area contributed by atoms with Gasteiger partial charge in [0.15, 0.2) is 15.9 Å². The molecule has 0 saturated carbocycles. The van der Waals surface area contributed by atoms with Gasteiger partial charge in [0.05, 0.1) is 34.3 Å². The molecule has 2 atom stereocenters. The fraction of sp³-hybridized carbons (Fsp3) is 0.667. The van der Waals surface area contributed by atoms with Gasteiger partial charge in [-0.15, -0.1) is 11.8 Å². The molecular formula is C15H23N3O5S2. The van der Waals surface area contributed by atoms with Crippen LogP contribution in [0.15, 0.2) is 0 Å². The van der Waals surface area contributed by atoms with Crippen LogP contribution in [0.5, 0.6) is 0 Å². The summed E-state index contributed by atoms with van der Waals surface area (Å²) < 4.78 is 29.6. The average Bonchev–Trinajstić information content (AvgIpc) is 2.98. The summed E-state index contributed by atoms with van der Waals surface area (Å²) in [6.07, 6.45) is -0.394. The molecule has 1 saturated heterocycles. The summed E-state index contributed by atoms with van der Waals surface area (Å²) in [6, 6.07) is 0. The molecule has 2 heterocycles. The third-order valence-corrected chi connectivity index (χ3v) is 7.32. The maximum Gasteiger partial charge on any atom is 0.316 e. The lowest BCUT2D eigenvalue weighted by atomic mass is 10.3. The summed E-state index contributed by atoms with van der Waals surface area (Å²) in [5.74, 6) is -0.663. The van der Waals surface area contributed by atoms with E-state index in [2.05, 4.69) is 10.4 Å². The van der Waals surface area contributed by atoms with Crippen molar-refractivity contribution in [2.24, 2.45) is 7.05 Å². The first-order chi connectivity index (χ1) is 11.6. The number of ether oxygens (including phenoxy) is 1. The number of anilines is 1. The lowest BCUT2D eigenvalue weighted by Gasteiger charge is -2.14. The smallest absolute Gasteiger partial charge is 0.316 e. The van der Waals surface area contributed by atoms with E-state index in [9.17, 15) is 18.0 Å². The SMILES string of the molecule is Cc1nn(C)c(C)c1NC(=O)[C@H](C)OC(=O)CS[C@H]1CCS(=O)(=O)C1. The van der Waals surface area contributed by atoms with Crippen LogP contribution in [0.2, 0.25) is 0 Å². The maximum atomic E-state index is 12.2. The van der Waals surface area contributed by atoms with Crippen LogP contribution in [0.4, 0.5) is 5.69 Å². The van der Waals surface area contributed by atoms with Crippen LogP contribution >= 0.6 is 11.8 Å². The summed E-state index contributed by atoms with van der Waals surface area (Å²) in [5, 5.41) is 6.86. The number of carbonyl (C=O) groups excluding carboxylic acids is 2. The van der Waals surface area contributed by atoms with Crippen LogP contribution in [-0.4, -0.2) is 58.7 Å². The number of hydrogen-bond donors (Lipinski definition) is 1. The zero-order valence-corrected chi connectivity index (χ0v) is 16.4. The Morgan fingerprint density at radius 3 is 2.64 bits per heavy atom. The Bertz CT molecular complexity index is 772. The Labute approximate surface area is 151 Å². The molecule has 1 aromatic heterocycles. The second-order valence-corrected chi connectivity index (χ2v) is 9.64. The lowest BCUT2D eigenvalue weighted by molar-refractivity contribution is -0.150. The molecule has 25 heavy (non-hydrogen) atoms. The van der Waals surface area contributed by atoms with E-state index < -0.39 is 27.8 Å². The van der Waals surface area contributed by atoms with Crippen LogP contribution in [0.3, 0.4) is 0 Å². The summed E-state index contributed by atoms with van der Waals surface area (Å²) >= 11 is 1.26. The van der Waals surface area contributed by atoms with Crippen molar-refractivity contribution in [3.05, 3.63) is 11.4 Å². The van der Waals surface area contributed by atoms with Crippen molar-refractivity contribution in [2.75, 3.05) is 22.6 Å². The van der Waals surface area contributed by atoms with E-state index >= 15 is 0 Å².